The van der Waals surface area contributed by atoms with Crippen molar-refractivity contribution < 1.29 is 0 Å². The zero-order chi connectivity index (χ0) is 14.8. The third kappa shape index (κ3) is 4.48. The summed E-state index contributed by atoms with van der Waals surface area (Å²) in [6, 6.07) is 6.39. The molecule has 112 valence electrons. The molecule has 3 heteroatoms. The van der Waals surface area contributed by atoms with Gasteiger partial charge in [-0.05, 0) is 51.2 Å². The molecule has 0 radical (unpaired) electrons. The Morgan fingerprint density at radius 1 is 1.20 bits per heavy atom. The molecule has 1 aliphatic rings. The zero-order valence-corrected chi connectivity index (χ0v) is 13.6. The van der Waals surface area contributed by atoms with Crippen molar-refractivity contribution in [1.29, 1.82) is 0 Å². The maximum atomic E-state index is 4.83. The lowest BCUT2D eigenvalue weighted by molar-refractivity contribution is 0.355. The molecular formula is C17H29N3. The number of rotatable bonds is 3. The Morgan fingerprint density at radius 3 is 2.45 bits per heavy atom. The summed E-state index contributed by atoms with van der Waals surface area (Å²) in [5, 5.41) is 3.50. The van der Waals surface area contributed by atoms with E-state index in [9.17, 15) is 0 Å². The molecule has 1 aliphatic heterocycles. The first-order valence-corrected chi connectivity index (χ1v) is 7.79. The Hall–Kier alpha value is -1.09. The summed E-state index contributed by atoms with van der Waals surface area (Å²) < 4.78 is 0. The third-order valence-electron chi connectivity index (χ3n) is 3.78. The summed E-state index contributed by atoms with van der Waals surface area (Å²) in [6.07, 6.45) is 1.34. The molecule has 1 aromatic heterocycles. The number of hydrogen-bond donors (Lipinski definition) is 1. The van der Waals surface area contributed by atoms with Crippen molar-refractivity contribution >= 4 is 5.82 Å². The van der Waals surface area contributed by atoms with Gasteiger partial charge in [-0.15, -0.1) is 0 Å². The molecule has 20 heavy (non-hydrogen) atoms. The molecule has 0 bridgehead atoms. The number of anilines is 1. The lowest BCUT2D eigenvalue weighted by atomic mass is 9.92. The SMILES string of the molecule is CC1CC(C)CN(c2cccc(CNC(C)(C)C)n2)C1. The molecular weight excluding hydrogens is 246 g/mol. The van der Waals surface area contributed by atoms with E-state index in [1.807, 2.05) is 0 Å². The first-order chi connectivity index (χ1) is 9.33. The van der Waals surface area contributed by atoms with Gasteiger partial charge >= 0.3 is 0 Å². The van der Waals surface area contributed by atoms with Gasteiger partial charge in [0.05, 0.1) is 5.69 Å². The van der Waals surface area contributed by atoms with Crippen molar-refractivity contribution in [2.24, 2.45) is 11.8 Å². The molecule has 2 heterocycles. The van der Waals surface area contributed by atoms with E-state index < -0.39 is 0 Å². The van der Waals surface area contributed by atoms with E-state index in [0.29, 0.717) is 0 Å². The van der Waals surface area contributed by atoms with E-state index in [2.05, 4.69) is 63.0 Å². The molecule has 1 fully saturated rings. The number of pyridine rings is 1. The fourth-order valence-corrected chi connectivity index (χ4v) is 2.95. The molecule has 3 nitrogen and oxygen atoms in total. The zero-order valence-electron chi connectivity index (χ0n) is 13.6. The van der Waals surface area contributed by atoms with Crippen LogP contribution in [0.15, 0.2) is 18.2 Å². The first-order valence-electron chi connectivity index (χ1n) is 7.79. The number of aromatic nitrogens is 1. The Labute approximate surface area is 123 Å². The van der Waals surface area contributed by atoms with Gasteiger partial charge in [0, 0.05) is 25.2 Å². The highest BCUT2D eigenvalue weighted by molar-refractivity contribution is 5.40. The van der Waals surface area contributed by atoms with Gasteiger partial charge in [0.25, 0.3) is 0 Å². The van der Waals surface area contributed by atoms with E-state index in [1.54, 1.807) is 0 Å². The van der Waals surface area contributed by atoms with Crippen LogP contribution in [0.25, 0.3) is 0 Å². The van der Waals surface area contributed by atoms with E-state index in [0.717, 1.165) is 43.0 Å². The molecule has 2 rings (SSSR count). The van der Waals surface area contributed by atoms with Crippen molar-refractivity contribution in [2.75, 3.05) is 18.0 Å². The van der Waals surface area contributed by atoms with Crippen LogP contribution in [0.3, 0.4) is 0 Å². The summed E-state index contributed by atoms with van der Waals surface area (Å²) in [5.74, 6) is 2.66. The predicted octanol–water partition coefficient (Wildman–Crippen LogP) is 3.45. The number of nitrogens with zero attached hydrogens (tertiary/aromatic N) is 2. The Kier molecular flexibility index (Phi) is 4.69. The third-order valence-corrected chi connectivity index (χ3v) is 3.78. The van der Waals surface area contributed by atoms with Crippen LogP contribution >= 0.6 is 0 Å². The van der Waals surface area contributed by atoms with Crippen molar-refractivity contribution in [1.82, 2.24) is 10.3 Å². The average molecular weight is 275 g/mol. The van der Waals surface area contributed by atoms with E-state index in [1.165, 1.54) is 6.42 Å². The Morgan fingerprint density at radius 2 is 1.85 bits per heavy atom. The van der Waals surface area contributed by atoms with Gasteiger partial charge in [-0.1, -0.05) is 19.9 Å². The largest absolute Gasteiger partial charge is 0.356 e. The van der Waals surface area contributed by atoms with Crippen molar-refractivity contribution in [3.05, 3.63) is 23.9 Å². The second-order valence-corrected chi connectivity index (χ2v) is 7.44. The highest BCUT2D eigenvalue weighted by Gasteiger charge is 2.22. The molecule has 1 N–H and O–H groups in total. The second kappa shape index (κ2) is 6.13. The van der Waals surface area contributed by atoms with Crippen molar-refractivity contribution in [3.63, 3.8) is 0 Å². The van der Waals surface area contributed by atoms with Crippen LogP contribution in [-0.4, -0.2) is 23.6 Å². The van der Waals surface area contributed by atoms with Gasteiger partial charge in [0.2, 0.25) is 0 Å². The second-order valence-electron chi connectivity index (χ2n) is 7.44. The monoisotopic (exact) mass is 275 g/mol. The molecule has 0 spiro atoms. The highest BCUT2D eigenvalue weighted by Crippen LogP contribution is 2.25. The highest BCUT2D eigenvalue weighted by atomic mass is 15.2. The van der Waals surface area contributed by atoms with Crippen LogP contribution in [0.2, 0.25) is 0 Å². The normalized spacial score (nSPS) is 23.9. The lowest BCUT2D eigenvalue weighted by Crippen LogP contribution is -2.39. The molecule has 0 aliphatic carbocycles. The minimum Gasteiger partial charge on any atom is -0.356 e. The quantitative estimate of drug-likeness (QED) is 0.916. The van der Waals surface area contributed by atoms with Gasteiger partial charge < -0.3 is 10.2 Å². The molecule has 1 saturated heterocycles. The molecule has 2 atom stereocenters. The summed E-state index contributed by atoms with van der Waals surface area (Å²) in [4.78, 5) is 7.28. The molecule has 2 unspecified atom stereocenters. The number of hydrogen-bond acceptors (Lipinski definition) is 3. The molecule has 0 aromatic carbocycles. The van der Waals surface area contributed by atoms with E-state index in [-0.39, 0.29) is 5.54 Å². The van der Waals surface area contributed by atoms with Crippen LogP contribution in [0.1, 0.15) is 46.7 Å². The van der Waals surface area contributed by atoms with E-state index >= 15 is 0 Å². The van der Waals surface area contributed by atoms with Crippen LogP contribution in [0, 0.1) is 11.8 Å². The minimum absolute atomic E-state index is 0.131. The number of nitrogens with one attached hydrogen (secondary N) is 1. The number of piperidine rings is 1. The molecule has 1 aromatic rings. The fraction of sp³-hybridized carbons (Fsp3) is 0.706. The first kappa shape index (κ1) is 15.3. The standard InChI is InChI=1S/C17H29N3/c1-13-9-14(2)12-20(11-13)16-8-6-7-15(19-16)10-18-17(3,4)5/h6-8,13-14,18H,9-12H2,1-5H3. The maximum absolute atomic E-state index is 4.83. The van der Waals surface area contributed by atoms with Crippen molar-refractivity contribution in [3.8, 4) is 0 Å². The summed E-state index contributed by atoms with van der Waals surface area (Å²) in [7, 11) is 0. The Bertz CT molecular complexity index is 426. The lowest BCUT2D eigenvalue weighted by Gasteiger charge is -2.36. The smallest absolute Gasteiger partial charge is 0.128 e. The summed E-state index contributed by atoms with van der Waals surface area (Å²) in [5.41, 5.74) is 1.26. The summed E-state index contributed by atoms with van der Waals surface area (Å²) in [6.45, 7) is 14.3. The average Bonchev–Trinajstić information content (AvgIpc) is 2.35. The maximum Gasteiger partial charge on any atom is 0.128 e. The van der Waals surface area contributed by atoms with Crippen LogP contribution in [-0.2, 0) is 6.54 Å². The van der Waals surface area contributed by atoms with Gasteiger partial charge in [-0.2, -0.15) is 0 Å². The predicted molar refractivity (Wildman–Crippen MR) is 86.0 cm³/mol. The minimum atomic E-state index is 0.131. The van der Waals surface area contributed by atoms with Crippen LogP contribution in [0.5, 0.6) is 0 Å². The van der Waals surface area contributed by atoms with Gasteiger partial charge in [0.15, 0.2) is 0 Å². The topological polar surface area (TPSA) is 28.2 Å². The van der Waals surface area contributed by atoms with Crippen molar-refractivity contribution in [2.45, 2.75) is 53.1 Å². The van der Waals surface area contributed by atoms with E-state index in [4.69, 9.17) is 4.98 Å². The molecule has 0 saturated carbocycles. The Balaban J connectivity index is 2.05. The van der Waals surface area contributed by atoms with Crippen LogP contribution < -0.4 is 10.2 Å². The van der Waals surface area contributed by atoms with Crippen LogP contribution in [0.4, 0.5) is 5.82 Å². The summed E-state index contributed by atoms with van der Waals surface area (Å²) >= 11 is 0. The van der Waals surface area contributed by atoms with Gasteiger partial charge in [-0.3, -0.25) is 0 Å². The van der Waals surface area contributed by atoms with Gasteiger partial charge in [-0.25, -0.2) is 4.98 Å². The fourth-order valence-electron chi connectivity index (χ4n) is 2.95. The van der Waals surface area contributed by atoms with Gasteiger partial charge in [0.1, 0.15) is 5.82 Å². The molecule has 0 amide bonds.